The van der Waals surface area contributed by atoms with Gasteiger partial charge in [-0.15, -0.1) is 0 Å². The number of likely N-dealkylation sites (N-methyl/N-ethyl adjacent to an activating group) is 1. The minimum atomic E-state index is -4.53. The van der Waals surface area contributed by atoms with Gasteiger partial charge in [-0.05, 0) is 24.7 Å². The van der Waals surface area contributed by atoms with Crippen molar-refractivity contribution in [3.8, 4) is 0 Å². The molecular weight excluding hydrogens is 288 g/mol. The van der Waals surface area contributed by atoms with Gasteiger partial charge in [-0.1, -0.05) is 6.92 Å². The number of hydrogen-bond donors (Lipinski definition) is 1. The monoisotopic (exact) mass is 306 g/mol. The van der Waals surface area contributed by atoms with E-state index in [1.807, 2.05) is 6.92 Å². The highest BCUT2D eigenvalue weighted by atomic mass is 19.4. The summed E-state index contributed by atoms with van der Waals surface area (Å²) >= 11 is 0. The van der Waals surface area contributed by atoms with E-state index in [9.17, 15) is 17.6 Å². The zero-order valence-electron chi connectivity index (χ0n) is 11.7. The summed E-state index contributed by atoms with van der Waals surface area (Å²) in [6.45, 7) is 4.62. The summed E-state index contributed by atoms with van der Waals surface area (Å²) in [5.74, 6) is -0.853. The Hall–Kier alpha value is -1.34. The van der Waals surface area contributed by atoms with Gasteiger partial charge >= 0.3 is 6.18 Å². The van der Waals surface area contributed by atoms with Crippen LogP contribution < -0.4 is 10.2 Å². The fourth-order valence-corrected chi connectivity index (χ4v) is 2.37. The predicted molar refractivity (Wildman–Crippen MR) is 71.9 cm³/mol. The van der Waals surface area contributed by atoms with Gasteiger partial charge in [-0.2, -0.15) is 13.2 Å². The SMILES string of the molecule is CCNCC1COCCN1c1ccc(C(F)(F)F)cc1F. The first-order valence-corrected chi connectivity index (χ1v) is 6.85. The van der Waals surface area contributed by atoms with Crippen LogP contribution in [-0.2, 0) is 10.9 Å². The third-order valence-corrected chi connectivity index (χ3v) is 3.44. The van der Waals surface area contributed by atoms with Gasteiger partial charge in [0.25, 0.3) is 0 Å². The quantitative estimate of drug-likeness (QED) is 0.866. The van der Waals surface area contributed by atoms with Gasteiger partial charge in [-0.25, -0.2) is 4.39 Å². The first-order chi connectivity index (χ1) is 9.93. The maximum atomic E-state index is 14.1. The molecule has 0 bridgehead atoms. The van der Waals surface area contributed by atoms with Gasteiger partial charge in [0.15, 0.2) is 0 Å². The third kappa shape index (κ3) is 3.85. The van der Waals surface area contributed by atoms with Crippen LogP contribution in [0.4, 0.5) is 23.2 Å². The van der Waals surface area contributed by atoms with Gasteiger partial charge < -0.3 is 15.0 Å². The van der Waals surface area contributed by atoms with Crippen molar-refractivity contribution in [3.63, 3.8) is 0 Å². The van der Waals surface area contributed by atoms with Gasteiger partial charge in [0, 0.05) is 13.1 Å². The number of rotatable bonds is 4. The Balaban J connectivity index is 2.22. The summed E-state index contributed by atoms with van der Waals surface area (Å²) in [4.78, 5) is 1.77. The number of benzene rings is 1. The zero-order valence-corrected chi connectivity index (χ0v) is 11.7. The maximum absolute atomic E-state index is 14.1. The second kappa shape index (κ2) is 6.62. The lowest BCUT2D eigenvalue weighted by Gasteiger charge is -2.37. The number of anilines is 1. The van der Waals surface area contributed by atoms with Crippen LogP contribution in [0, 0.1) is 5.82 Å². The number of nitrogens with one attached hydrogen (secondary N) is 1. The zero-order chi connectivity index (χ0) is 15.5. The van der Waals surface area contributed by atoms with E-state index in [0.717, 1.165) is 12.6 Å². The molecule has 0 amide bonds. The molecule has 2 rings (SSSR count). The van der Waals surface area contributed by atoms with Crippen LogP contribution in [0.2, 0.25) is 0 Å². The lowest BCUT2D eigenvalue weighted by molar-refractivity contribution is -0.137. The third-order valence-electron chi connectivity index (χ3n) is 3.44. The lowest BCUT2D eigenvalue weighted by atomic mass is 10.1. The molecule has 0 aromatic heterocycles. The summed E-state index contributed by atoms with van der Waals surface area (Å²) < 4.78 is 57.1. The average molecular weight is 306 g/mol. The Kier molecular flexibility index (Phi) is 5.05. The molecule has 1 atom stereocenters. The minimum Gasteiger partial charge on any atom is -0.377 e. The molecule has 21 heavy (non-hydrogen) atoms. The molecule has 0 radical (unpaired) electrons. The minimum absolute atomic E-state index is 0.0927. The Morgan fingerprint density at radius 1 is 1.38 bits per heavy atom. The van der Waals surface area contributed by atoms with Crippen molar-refractivity contribution in [1.29, 1.82) is 0 Å². The maximum Gasteiger partial charge on any atom is 0.416 e. The van der Waals surface area contributed by atoms with E-state index in [0.29, 0.717) is 32.4 Å². The molecule has 1 heterocycles. The second-order valence-corrected chi connectivity index (χ2v) is 4.89. The van der Waals surface area contributed by atoms with E-state index < -0.39 is 17.6 Å². The molecule has 1 aliphatic rings. The molecule has 1 aromatic carbocycles. The van der Waals surface area contributed by atoms with Crippen LogP contribution in [0.3, 0.4) is 0 Å². The summed E-state index contributed by atoms with van der Waals surface area (Å²) in [7, 11) is 0. The normalized spacial score (nSPS) is 19.9. The fourth-order valence-electron chi connectivity index (χ4n) is 2.37. The molecule has 1 N–H and O–H groups in total. The molecule has 118 valence electrons. The smallest absolute Gasteiger partial charge is 0.377 e. The largest absolute Gasteiger partial charge is 0.416 e. The molecule has 3 nitrogen and oxygen atoms in total. The molecule has 0 aliphatic carbocycles. The van der Waals surface area contributed by atoms with Crippen molar-refractivity contribution in [2.75, 3.05) is 37.7 Å². The molecule has 1 unspecified atom stereocenters. The summed E-state index contributed by atoms with van der Waals surface area (Å²) in [5.41, 5.74) is -0.783. The van der Waals surface area contributed by atoms with E-state index in [1.54, 1.807) is 4.90 Å². The second-order valence-electron chi connectivity index (χ2n) is 4.89. The topological polar surface area (TPSA) is 24.5 Å². The van der Waals surface area contributed by atoms with E-state index >= 15 is 0 Å². The van der Waals surface area contributed by atoms with Crippen LogP contribution >= 0.6 is 0 Å². The number of hydrogen-bond acceptors (Lipinski definition) is 3. The summed E-state index contributed by atoms with van der Waals surface area (Å²) in [5, 5.41) is 3.15. The van der Waals surface area contributed by atoms with E-state index in [2.05, 4.69) is 5.32 Å². The van der Waals surface area contributed by atoms with E-state index in [-0.39, 0.29) is 11.7 Å². The van der Waals surface area contributed by atoms with Gasteiger partial charge in [0.05, 0.1) is 30.5 Å². The van der Waals surface area contributed by atoms with Gasteiger partial charge in [0.1, 0.15) is 5.82 Å². The van der Waals surface area contributed by atoms with Crippen molar-refractivity contribution >= 4 is 5.69 Å². The average Bonchev–Trinajstić information content (AvgIpc) is 2.44. The van der Waals surface area contributed by atoms with Crippen LogP contribution in [0.5, 0.6) is 0 Å². The molecule has 1 aliphatic heterocycles. The van der Waals surface area contributed by atoms with Crippen LogP contribution in [0.1, 0.15) is 12.5 Å². The predicted octanol–water partition coefficient (Wildman–Crippen LogP) is 2.66. The Bertz CT molecular complexity index is 479. The van der Waals surface area contributed by atoms with E-state index in [4.69, 9.17) is 4.74 Å². The van der Waals surface area contributed by atoms with Gasteiger partial charge in [-0.3, -0.25) is 0 Å². The number of morpholine rings is 1. The summed E-state index contributed by atoms with van der Waals surface area (Å²) in [6, 6.07) is 2.57. The lowest BCUT2D eigenvalue weighted by Crippen LogP contribution is -2.51. The Labute approximate surface area is 120 Å². The molecule has 7 heteroatoms. The van der Waals surface area contributed by atoms with Crippen LogP contribution in [0.25, 0.3) is 0 Å². The van der Waals surface area contributed by atoms with Gasteiger partial charge in [0.2, 0.25) is 0 Å². The number of alkyl halides is 3. The van der Waals surface area contributed by atoms with Crippen molar-refractivity contribution in [2.45, 2.75) is 19.1 Å². The molecule has 1 saturated heterocycles. The first-order valence-electron chi connectivity index (χ1n) is 6.85. The molecular formula is C14H18F4N2O. The van der Waals surface area contributed by atoms with Crippen molar-refractivity contribution in [3.05, 3.63) is 29.6 Å². The molecule has 0 saturated carbocycles. The molecule has 0 spiro atoms. The van der Waals surface area contributed by atoms with Crippen LogP contribution in [0.15, 0.2) is 18.2 Å². The Morgan fingerprint density at radius 3 is 2.76 bits per heavy atom. The van der Waals surface area contributed by atoms with Crippen molar-refractivity contribution in [2.24, 2.45) is 0 Å². The number of nitrogens with zero attached hydrogens (tertiary/aromatic N) is 1. The summed E-state index contributed by atoms with van der Waals surface area (Å²) in [6.07, 6.45) is -4.53. The fraction of sp³-hybridized carbons (Fsp3) is 0.571. The standard InChI is InChI=1S/C14H18F4N2O/c1-2-19-8-11-9-21-6-5-20(11)13-4-3-10(7-12(13)15)14(16,17)18/h3-4,7,11,19H,2,5-6,8-9H2,1H3. The molecule has 1 aromatic rings. The first kappa shape index (κ1) is 16.0. The number of halogens is 4. The highest BCUT2D eigenvalue weighted by Gasteiger charge is 2.32. The van der Waals surface area contributed by atoms with Crippen molar-refractivity contribution in [1.82, 2.24) is 5.32 Å². The molecule has 1 fully saturated rings. The Morgan fingerprint density at radius 2 is 2.14 bits per heavy atom. The van der Waals surface area contributed by atoms with Crippen molar-refractivity contribution < 1.29 is 22.3 Å². The van der Waals surface area contributed by atoms with Crippen LogP contribution in [-0.4, -0.2) is 38.9 Å². The van der Waals surface area contributed by atoms with E-state index in [1.165, 1.54) is 6.07 Å². The highest BCUT2D eigenvalue weighted by Crippen LogP contribution is 2.33. The highest BCUT2D eigenvalue weighted by molar-refractivity contribution is 5.51. The number of ether oxygens (including phenoxy) is 1.